The van der Waals surface area contributed by atoms with Crippen LogP contribution >= 0.6 is 0 Å². The lowest BCUT2D eigenvalue weighted by Gasteiger charge is -2.30. The van der Waals surface area contributed by atoms with Gasteiger partial charge in [-0.15, -0.1) is 0 Å². The molecule has 0 N–H and O–H groups in total. The minimum Gasteiger partial charge on any atom is -0.474 e. The maximum atomic E-state index is 5.99. The summed E-state index contributed by atoms with van der Waals surface area (Å²) in [5.74, 6) is 1.01. The second-order valence-electron chi connectivity index (χ2n) is 4.51. The monoisotopic (exact) mass is 213 g/mol. The quantitative estimate of drug-likeness (QED) is 0.722. The second kappa shape index (κ2) is 3.49. The molecule has 2 heteroatoms. The van der Waals surface area contributed by atoms with Crippen molar-refractivity contribution in [2.45, 2.75) is 12.6 Å². The van der Waals surface area contributed by atoms with Crippen LogP contribution in [-0.4, -0.2) is 25.2 Å². The van der Waals surface area contributed by atoms with Crippen molar-refractivity contribution in [2.75, 3.05) is 14.1 Å². The zero-order valence-corrected chi connectivity index (χ0v) is 9.60. The Morgan fingerprint density at radius 1 is 1.12 bits per heavy atom. The summed E-state index contributed by atoms with van der Waals surface area (Å²) in [6, 6.07) is 12.7. The molecule has 0 fully saturated rings. The first-order valence-corrected chi connectivity index (χ1v) is 5.59. The summed E-state index contributed by atoms with van der Waals surface area (Å²) in [6.45, 7) is 0. The van der Waals surface area contributed by atoms with Gasteiger partial charge in [-0.2, -0.15) is 0 Å². The number of benzene rings is 2. The van der Waals surface area contributed by atoms with Gasteiger partial charge in [0.2, 0.25) is 0 Å². The topological polar surface area (TPSA) is 12.5 Å². The first-order chi connectivity index (χ1) is 7.75. The third-order valence-corrected chi connectivity index (χ3v) is 3.19. The van der Waals surface area contributed by atoms with Crippen LogP contribution in [0.3, 0.4) is 0 Å². The van der Waals surface area contributed by atoms with E-state index in [-0.39, 0.29) is 6.23 Å². The lowest BCUT2D eigenvalue weighted by atomic mass is 9.98. The Morgan fingerprint density at radius 2 is 1.88 bits per heavy atom. The predicted octanol–water partition coefficient (Wildman–Crippen LogP) is 2.66. The highest BCUT2D eigenvalue weighted by Crippen LogP contribution is 2.34. The number of likely N-dealkylation sites (N-methyl/N-ethyl adjacent to an activating group) is 1. The maximum absolute atomic E-state index is 5.99. The van der Waals surface area contributed by atoms with E-state index < -0.39 is 0 Å². The average Bonchev–Trinajstić information content (AvgIpc) is 2.29. The van der Waals surface area contributed by atoms with Crippen molar-refractivity contribution in [3.05, 3.63) is 42.0 Å². The molecule has 1 atom stereocenters. The zero-order valence-electron chi connectivity index (χ0n) is 9.60. The van der Waals surface area contributed by atoms with Gasteiger partial charge in [0.15, 0.2) is 6.23 Å². The van der Waals surface area contributed by atoms with Crippen LogP contribution in [-0.2, 0) is 6.42 Å². The number of rotatable bonds is 1. The van der Waals surface area contributed by atoms with Crippen molar-refractivity contribution in [2.24, 2.45) is 0 Å². The van der Waals surface area contributed by atoms with Crippen LogP contribution in [0, 0.1) is 0 Å². The molecule has 3 rings (SSSR count). The van der Waals surface area contributed by atoms with Crippen molar-refractivity contribution in [1.82, 2.24) is 4.90 Å². The minimum absolute atomic E-state index is 0.153. The molecule has 0 saturated heterocycles. The summed E-state index contributed by atoms with van der Waals surface area (Å²) in [6.07, 6.45) is 1.11. The van der Waals surface area contributed by atoms with E-state index in [2.05, 4.69) is 55.4 Å². The lowest BCUT2D eigenvalue weighted by Crippen LogP contribution is -2.37. The van der Waals surface area contributed by atoms with Gasteiger partial charge >= 0.3 is 0 Å². The van der Waals surface area contributed by atoms with Crippen molar-refractivity contribution in [3.63, 3.8) is 0 Å². The number of ether oxygens (including phenoxy) is 1. The molecule has 1 heterocycles. The Morgan fingerprint density at radius 3 is 2.62 bits per heavy atom. The molecule has 1 unspecified atom stereocenters. The molecule has 82 valence electrons. The third kappa shape index (κ3) is 1.38. The van der Waals surface area contributed by atoms with Gasteiger partial charge in [-0.25, -0.2) is 0 Å². The van der Waals surface area contributed by atoms with E-state index in [0.717, 1.165) is 12.2 Å². The Kier molecular flexibility index (Phi) is 2.11. The zero-order chi connectivity index (χ0) is 11.1. The summed E-state index contributed by atoms with van der Waals surface area (Å²) in [7, 11) is 4.11. The molecule has 2 aromatic rings. The summed E-state index contributed by atoms with van der Waals surface area (Å²) in [5, 5.41) is 2.55. The van der Waals surface area contributed by atoms with Gasteiger partial charge in [0, 0.05) is 11.8 Å². The number of hydrogen-bond donors (Lipinski definition) is 0. The fourth-order valence-electron chi connectivity index (χ4n) is 2.31. The average molecular weight is 213 g/mol. The Hall–Kier alpha value is -1.54. The van der Waals surface area contributed by atoms with Crippen LogP contribution < -0.4 is 4.74 Å². The second-order valence-corrected chi connectivity index (χ2v) is 4.51. The molecule has 16 heavy (non-hydrogen) atoms. The van der Waals surface area contributed by atoms with Crippen molar-refractivity contribution in [3.8, 4) is 5.75 Å². The maximum Gasteiger partial charge on any atom is 0.156 e. The third-order valence-electron chi connectivity index (χ3n) is 3.19. The van der Waals surface area contributed by atoms with Crippen LogP contribution in [0.2, 0.25) is 0 Å². The SMILES string of the molecule is CN(C)C1Cc2cccc3cccc(c23)O1. The first-order valence-electron chi connectivity index (χ1n) is 5.59. The molecule has 0 radical (unpaired) electrons. The van der Waals surface area contributed by atoms with Crippen LogP contribution in [0.1, 0.15) is 5.56 Å². The highest BCUT2D eigenvalue weighted by molar-refractivity contribution is 5.92. The van der Waals surface area contributed by atoms with E-state index in [9.17, 15) is 0 Å². The number of nitrogens with zero attached hydrogens (tertiary/aromatic N) is 1. The van der Waals surface area contributed by atoms with E-state index in [4.69, 9.17) is 4.74 Å². The van der Waals surface area contributed by atoms with Gasteiger partial charge < -0.3 is 4.74 Å². The highest BCUT2D eigenvalue weighted by Gasteiger charge is 2.22. The summed E-state index contributed by atoms with van der Waals surface area (Å²) < 4.78 is 5.99. The van der Waals surface area contributed by atoms with Crippen LogP contribution in [0.15, 0.2) is 36.4 Å². The summed E-state index contributed by atoms with van der Waals surface area (Å²) >= 11 is 0. The molecule has 0 spiro atoms. The fourth-order valence-corrected chi connectivity index (χ4v) is 2.31. The standard InChI is InChI=1S/C14H15NO/c1-15(2)13-9-11-7-3-5-10-6-4-8-12(16-13)14(10)11/h3-8,13H,9H2,1-2H3. The number of hydrogen-bond acceptors (Lipinski definition) is 2. The smallest absolute Gasteiger partial charge is 0.156 e. The van der Waals surface area contributed by atoms with Gasteiger partial charge in [-0.1, -0.05) is 30.3 Å². The van der Waals surface area contributed by atoms with E-state index in [1.165, 1.54) is 16.3 Å². The minimum atomic E-state index is 0.153. The molecule has 0 aromatic heterocycles. The largest absolute Gasteiger partial charge is 0.474 e. The fraction of sp³-hybridized carbons (Fsp3) is 0.286. The molecule has 1 aliphatic rings. The van der Waals surface area contributed by atoms with Crippen molar-refractivity contribution < 1.29 is 4.74 Å². The van der Waals surface area contributed by atoms with E-state index in [1.807, 2.05) is 0 Å². The van der Waals surface area contributed by atoms with E-state index in [0.29, 0.717) is 0 Å². The predicted molar refractivity (Wildman–Crippen MR) is 65.8 cm³/mol. The van der Waals surface area contributed by atoms with Gasteiger partial charge in [0.1, 0.15) is 5.75 Å². The Balaban J connectivity index is 2.20. The van der Waals surface area contributed by atoms with E-state index >= 15 is 0 Å². The van der Waals surface area contributed by atoms with Gasteiger partial charge in [0.25, 0.3) is 0 Å². The summed E-state index contributed by atoms with van der Waals surface area (Å²) in [5.41, 5.74) is 1.39. The molecule has 0 amide bonds. The molecular formula is C14H15NO. The van der Waals surface area contributed by atoms with Crippen LogP contribution in [0.5, 0.6) is 5.75 Å². The highest BCUT2D eigenvalue weighted by atomic mass is 16.5. The molecular weight excluding hydrogens is 198 g/mol. The van der Waals surface area contributed by atoms with Crippen molar-refractivity contribution in [1.29, 1.82) is 0 Å². The molecule has 0 saturated carbocycles. The van der Waals surface area contributed by atoms with Gasteiger partial charge in [-0.05, 0) is 31.1 Å². The van der Waals surface area contributed by atoms with Crippen LogP contribution in [0.25, 0.3) is 10.8 Å². The first kappa shape index (κ1) is 9.67. The molecule has 2 nitrogen and oxygen atoms in total. The summed E-state index contributed by atoms with van der Waals surface area (Å²) in [4.78, 5) is 2.12. The van der Waals surface area contributed by atoms with Gasteiger partial charge in [0.05, 0.1) is 0 Å². The van der Waals surface area contributed by atoms with E-state index in [1.54, 1.807) is 0 Å². The van der Waals surface area contributed by atoms with Gasteiger partial charge in [-0.3, -0.25) is 4.90 Å². The lowest BCUT2D eigenvalue weighted by molar-refractivity contribution is 0.0622. The molecule has 1 aliphatic heterocycles. The Labute approximate surface area is 95.4 Å². The molecule has 2 aromatic carbocycles. The van der Waals surface area contributed by atoms with Crippen LogP contribution in [0.4, 0.5) is 0 Å². The Bertz CT molecular complexity index is 492. The van der Waals surface area contributed by atoms with Crippen molar-refractivity contribution >= 4 is 10.8 Å². The molecule has 0 aliphatic carbocycles. The normalized spacial score (nSPS) is 18.8. The molecule has 0 bridgehead atoms.